The van der Waals surface area contributed by atoms with Gasteiger partial charge in [0, 0.05) is 5.56 Å². The third-order valence-electron chi connectivity index (χ3n) is 2.26. The van der Waals surface area contributed by atoms with Crippen molar-refractivity contribution >= 4 is 5.91 Å². The Morgan fingerprint density at radius 1 is 1.41 bits per heavy atom. The van der Waals surface area contributed by atoms with Crippen LogP contribution in [0.3, 0.4) is 0 Å². The number of nitrogens with one attached hydrogen (secondary N) is 2. The summed E-state index contributed by atoms with van der Waals surface area (Å²) in [5.74, 6) is 0.542. The van der Waals surface area contributed by atoms with Crippen LogP contribution in [0.2, 0.25) is 0 Å². The largest absolute Gasteiger partial charge is 0.508 e. The number of aromatic nitrogens is 3. The Morgan fingerprint density at radius 2 is 2.24 bits per heavy atom. The second kappa shape index (κ2) is 5.11. The molecule has 1 aromatic heterocycles. The number of phenolic OH excluding ortho intramolecular Hbond substituents is 1. The van der Waals surface area contributed by atoms with Crippen LogP contribution in [0.1, 0.15) is 11.4 Å². The lowest BCUT2D eigenvalue weighted by molar-refractivity contribution is -0.120. The average molecular weight is 232 g/mol. The number of hydrogen-bond donors (Lipinski definition) is 3. The predicted molar refractivity (Wildman–Crippen MR) is 60.0 cm³/mol. The average Bonchev–Trinajstić information content (AvgIpc) is 2.82. The van der Waals surface area contributed by atoms with Gasteiger partial charge in [0.25, 0.3) is 0 Å². The number of carbonyl (C=O) groups excluding carboxylic acids is 1. The third kappa shape index (κ3) is 3.04. The number of hydrogen-bond acceptors (Lipinski definition) is 4. The highest BCUT2D eigenvalue weighted by molar-refractivity contribution is 5.79. The molecule has 0 fully saturated rings. The topological polar surface area (TPSA) is 90.9 Å². The molecule has 1 heterocycles. The van der Waals surface area contributed by atoms with E-state index in [1.807, 2.05) is 0 Å². The zero-order chi connectivity index (χ0) is 12.1. The lowest BCUT2D eigenvalue weighted by Crippen LogP contribution is -2.25. The van der Waals surface area contributed by atoms with Crippen LogP contribution in [0, 0.1) is 0 Å². The van der Waals surface area contributed by atoms with Crippen LogP contribution in [0.4, 0.5) is 0 Å². The smallest absolute Gasteiger partial charge is 0.224 e. The van der Waals surface area contributed by atoms with E-state index in [2.05, 4.69) is 20.5 Å². The van der Waals surface area contributed by atoms with Gasteiger partial charge in [0.1, 0.15) is 17.9 Å². The molecule has 0 unspecified atom stereocenters. The third-order valence-corrected chi connectivity index (χ3v) is 2.26. The van der Waals surface area contributed by atoms with Crippen LogP contribution in [-0.2, 0) is 17.8 Å². The molecule has 0 atom stereocenters. The minimum atomic E-state index is -0.178. The molecule has 88 valence electrons. The molecule has 0 radical (unpaired) electrons. The first-order valence-corrected chi connectivity index (χ1v) is 5.13. The SMILES string of the molecule is O=C(Cc1ccccc1O)NCc1ncn[nH]1. The van der Waals surface area contributed by atoms with Crippen LogP contribution in [-0.4, -0.2) is 26.2 Å². The molecule has 17 heavy (non-hydrogen) atoms. The first-order valence-electron chi connectivity index (χ1n) is 5.13. The zero-order valence-corrected chi connectivity index (χ0v) is 9.05. The van der Waals surface area contributed by atoms with Gasteiger partial charge < -0.3 is 10.4 Å². The van der Waals surface area contributed by atoms with E-state index in [0.29, 0.717) is 17.9 Å². The summed E-state index contributed by atoms with van der Waals surface area (Å²) in [7, 11) is 0. The van der Waals surface area contributed by atoms with Gasteiger partial charge in [-0.25, -0.2) is 4.98 Å². The molecular weight excluding hydrogens is 220 g/mol. The fourth-order valence-electron chi connectivity index (χ4n) is 1.39. The molecular formula is C11H12N4O2. The first kappa shape index (κ1) is 11.1. The Balaban J connectivity index is 1.87. The lowest BCUT2D eigenvalue weighted by Gasteiger charge is -2.04. The van der Waals surface area contributed by atoms with Crippen LogP contribution in [0.15, 0.2) is 30.6 Å². The van der Waals surface area contributed by atoms with Crippen LogP contribution >= 0.6 is 0 Å². The van der Waals surface area contributed by atoms with Crippen molar-refractivity contribution in [1.29, 1.82) is 0 Å². The predicted octanol–water partition coefficient (Wildman–Crippen LogP) is 0.369. The minimum Gasteiger partial charge on any atom is -0.508 e. The lowest BCUT2D eigenvalue weighted by atomic mass is 10.1. The van der Waals surface area contributed by atoms with Crippen LogP contribution in [0.5, 0.6) is 5.75 Å². The van der Waals surface area contributed by atoms with E-state index in [0.717, 1.165) is 0 Å². The molecule has 0 saturated carbocycles. The molecule has 2 aromatic rings. The maximum Gasteiger partial charge on any atom is 0.224 e. The molecule has 6 heteroatoms. The zero-order valence-electron chi connectivity index (χ0n) is 9.05. The molecule has 0 spiro atoms. The number of aromatic amines is 1. The van der Waals surface area contributed by atoms with Crippen molar-refractivity contribution in [2.24, 2.45) is 0 Å². The molecule has 1 aromatic carbocycles. The van der Waals surface area contributed by atoms with Gasteiger partial charge in [0.2, 0.25) is 5.91 Å². The number of rotatable bonds is 4. The minimum absolute atomic E-state index is 0.127. The van der Waals surface area contributed by atoms with Gasteiger partial charge in [-0.15, -0.1) is 0 Å². The van der Waals surface area contributed by atoms with E-state index in [1.54, 1.807) is 24.3 Å². The van der Waals surface area contributed by atoms with Gasteiger partial charge in [0.15, 0.2) is 0 Å². The Morgan fingerprint density at radius 3 is 2.94 bits per heavy atom. The highest BCUT2D eigenvalue weighted by Crippen LogP contribution is 2.15. The van der Waals surface area contributed by atoms with Crippen LogP contribution < -0.4 is 5.32 Å². The number of H-pyrrole nitrogens is 1. The second-order valence-corrected chi connectivity index (χ2v) is 3.51. The van der Waals surface area contributed by atoms with Crippen LogP contribution in [0.25, 0.3) is 0 Å². The fraction of sp³-hybridized carbons (Fsp3) is 0.182. The maximum absolute atomic E-state index is 11.6. The number of carbonyl (C=O) groups is 1. The molecule has 0 saturated heterocycles. The van der Waals surface area contributed by atoms with Gasteiger partial charge in [-0.2, -0.15) is 5.10 Å². The summed E-state index contributed by atoms with van der Waals surface area (Å²) in [4.78, 5) is 15.5. The number of para-hydroxylation sites is 1. The number of amides is 1. The van der Waals surface area contributed by atoms with Crippen molar-refractivity contribution in [3.8, 4) is 5.75 Å². The molecule has 2 rings (SSSR count). The first-order chi connectivity index (χ1) is 8.25. The molecule has 0 bridgehead atoms. The number of nitrogens with zero attached hydrogens (tertiary/aromatic N) is 2. The standard InChI is InChI=1S/C11H12N4O2/c16-9-4-2-1-3-8(9)5-11(17)12-6-10-13-7-14-15-10/h1-4,7,16H,5-6H2,(H,12,17)(H,13,14,15). The summed E-state index contributed by atoms with van der Waals surface area (Å²) < 4.78 is 0. The second-order valence-electron chi connectivity index (χ2n) is 3.51. The highest BCUT2D eigenvalue weighted by Gasteiger charge is 2.07. The summed E-state index contributed by atoms with van der Waals surface area (Å²) in [5, 5.41) is 18.5. The van der Waals surface area contributed by atoms with Crippen molar-refractivity contribution in [2.45, 2.75) is 13.0 Å². The Hall–Kier alpha value is -2.37. The molecule has 0 aliphatic rings. The number of aromatic hydroxyl groups is 1. The highest BCUT2D eigenvalue weighted by atomic mass is 16.3. The number of benzene rings is 1. The van der Waals surface area contributed by atoms with E-state index in [9.17, 15) is 9.90 Å². The van der Waals surface area contributed by atoms with Crippen molar-refractivity contribution in [1.82, 2.24) is 20.5 Å². The summed E-state index contributed by atoms with van der Waals surface area (Å²) >= 11 is 0. The van der Waals surface area contributed by atoms with E-state index in [4.69, 9.17) is 0 Å². The number of phenols is 1. The Labute approximate surface area is 97.7 Å². The van der Waals surface area contributed by atoms with E-state index < -0.39 is 0 Å². The quantitative estimate of drug-likeness (QED) is 0.710. The summed E-state index contributed by atoms with van der Waals surface area (Å²) in [6, 6.07) is 6.76. The molecule has 0 aliphatic carbocycles. The van der Waals surface area contributed by atoms with Crippen molar-refractivity contribution in [2.75, 3.05) is 0 Å². The van der Waals surface area contributed by atoms with E-state index in [1.165, 1.54) is 6.33 Å². The summed E-state index contributed by atoms with van der Waals surface area (Å²) in [6.07, 6.45) is 1.52. The van der Waals surface area contributed by atoms with Gasteiger partial charge in [-0.1, -0.05) is 18.2 Å². The summed E-state index contributed by atoms with van der Waals surface area (Å²) in [6.45, 7) is 0.298. The fourth-order valence-corrected chi connectivity index (χ4v) is 1.39. The van der Waals surface area contributed by atoms with Crippen molar-refractivity contribution in [3.05, 3.63) is 42.0 Å². The maximum atomic E-state index is 11.6. The van der Waals surface area contributed by atoms with E-state index in [-0.39, 0.29) is 18.1 Å². The van der Waals surface area contributed by atoms with E-state index >= 15 is 0 Å². The normalized spacial score (nSPS) is 10.1. The van der Waals surface area contributed by atoms with Crippen molar-refractivity contribution < 1.29 is 9.90 Å². The molecule has 6 nitrogen and oxygen atoms in total. The van der Waals surface area contributed by atoms with Gasteiger partial charge in [0.05, 0.1) is 13.0 Å². The molecule has 0 aliphatic heterocycles. The summed E-state index contributed by atoms with van der Waals surface area (Å²) in [5.41, 5.74) is 0.600. The molecule has 3 N–H and O–H groups in total. The monoisotopic (exact) mass is 232 g/mol. The molecule has 1 amide bonds. The van der Waals surface area contributed by atoms with Gasteiger partial charge in [-0.05, 0) is 6.07 Å². The van der Waals surface area contributed by atoms with Gasteiger partial charge in [-0.3, -0.25) is 9.89 Å². The van der Waals surface area contributed by atoms with Crippen molar-refractivity contribution in [3.63, 3.8) is 0 Å². The Bertz CT molecular complexity index is 496. The van der Waals surface area contributed by atoms with Gasteiger partial charge >= 0.3 is 0 Å². The Kier molecular flexibility index (Phi) is 3.34.